The predicted octanol–water partition coefficient (Wildman–Crippen LogP) is 3.12. The van der Waals surface area contributed by atoms with Crippen molar-refractivity contribution >= 4 is 0 Å². The van der Waals surface area contributed by atoms with Gasteiger partial charge in [0.1, 0.15) is 0 Å². The zero-order chi connectivity index (χ0) is 10.2. The second-order valence-corrected chi connectivity index (χ2v) is 4.01. The van der Waals surface area contributed by atoms with Gasteiger partial charge >= 0.3 is 0 Å². The van der Waals surface area contributed by atoms with Crippen LogP contribution >= 0.6 is 0 Å². The highest BCUT2D eigenvalue weighted by molar-refractivity contribution is 5.61. The molecule has 0 amide bonds. The minimum absolute atomic E-state index is 1.39. The zero-order valence-electron chi connectivity index (χ0n) is 9.52. The quantitative estimate of drug-likeness (QED) is 0.595. The lowest BCUT2D eigenvalue weighted by Crippen LogP contribution is -2.03. The van der Waals surface area contributed by atoms with Crippen molar-refractivity contribution in [3.05, 3.63) is 34.1 Å². The van der Waals surface area contributed by atoms with Gasteiger partial charge < -0.3 is 4.90 Å². The first-order valence-corrected chi connectivity index (χ1v) is 4.69. The van der Waals surface area contributed by atoms with Crippen molar-refractivity contribution in [1.82, 2.24) is 4.90 Å². The highest BCUT2D eigenvalue weighted by Crippen LogP contribution is 2.35. The molecule has 0 fully saturated rings. The van der Waals surface area contributed by atoms with Crippen LogP contribution in [0, 0.1) is 0 Å². The highest BCUT2D eigenvalue weighted by atomic mass is 15.0. The molecule has 1 aliphatic carbocycles. The Morgan fingerprint density at radius 3 is 1.46 bits per heavy atom. The molecule has 0 saturated carbocycles. The average molecular weight is 177 g/mol. The molecule has 13 heavy (non-hydrogen) atoms. The first-order valence-electron chi connectivity index (χ1n) is 4.69. The third-order valence-electron chi connectivity index (χ3n) is 2.88. The molecule has 0 aliphatic heterocycles. The Morgan fingerprint density at radius 1 is 0.769 bits per heavy atom. The zero-order valence-corrected chi connectivity index (χ0v) is 9.52. The van der Waals surface area contributed by atoms with Gasteiger partial charge in [0.05, 0.1) is 0 Å². The first-order chi connectivity index (χ1) is 5.95. The average Bonchev–Trinajstić information content (AvgIpc) is 2.22. The van der Waals surface area contributed by atoms with E-state index in [1.807, 2.05) is 0 Å². The maximum Gasteiger partial charge on any atom is 0.00642 e. The van der Waals surface area contributed by atoms with E-state index in [-0.39, 0.29) is 0 Å². The number of rotatable bonds is 1. The van der Waals surface area contributed by atoms with Gasteiger partial charge in [0.2, 0.25) is 0 Å². The van der Waals surface area contributed by atoms with Crippen LogP contribution in [-0.4, -0.2) is 19.0 Å². The standard InChI is InChI=1S/C12H19N/c1-8-9(2)11(4)12(10(8)3)7-13(5)6/h7H,1-6H3. The summed E-state index contributed by atoms with van der Waals surface area (Å²) >= 11 is 0. The van der Waals surface area contributed by atoms with E-state index < -0.39 is 0 Å². The Morgan fingerprint density at radius 2 is 1.15 bits per heavy atom. The Bertz CT molecular complexity index is 288. The van der Waals surface area contributed by atoms with Gasteiger partial charge in [-0.15, -0.1) is 0 Å². The summed E-state index contributed by atoms with van der Waals surface area (Å²) < 4.78 is 0. The van der Waals surface area contributed by atoms with Crippen LogP contribution in [0.15, 0.2) is 34.1 Å². The third-order valence-corrected chi connectivity index (χ3v) is 2.88. The normalized spacial score (nSPS) is 17.2. The van der Waals surface area contributed by atoms with Crippen molar-refractivity contribution in [2.24, 2.45) is 0 Å². The highest BCUT2D eigenvalue weighted by Gasteiger charge is 2.17. The van der Waals surface area contributed by atoms with Crippen LogP contribution in [-0.2, 0) is 0 Å². The number of nitrogens with zero attached hydrogens (tertiary/aromatic N) is 1. The SMILES string of the molecule is CC1=C(C)C(C)=C(C)C1=CN(C)C. The van der Waals surface area contributed by atoms with Gasteiger partial charge in [-0.3, -0.25) is 0 Å². The van der Waals surface area contributed by atoms with E-state index in [1.54, 1.807) is 0 Å². The molecule has 0 unspecified atom stereocenters. The van der Waals surface area contributed by atoms with E-state index in [4.69, 9.17) is 0 Å². The first kappa shape index (κ1) is 10.1. The monoisotopic (exact) mass is 177 g/mol. The molecule has 1 heteroatoms. The molecule has 1 aliphatic rings. The lowest BCUT2D eigenvalue weighted by molar-refractivity contribution is 0.560. The summed E-state index contributed by atoms with van der Waals surface area (Å²) in [7, 11) is 4.13. The second-order valence-electron chi connectivity index (χ2n) is 4.01. The molecule has 0 N–H and O–H groups in total. The van der Waals surface area contributed by atoms with Crippen molar-refractivity contribution in [1.29, 1.82) is 0 Å². The molecule has 1 nitrogen and oxygen atoms in total. The van der Waals surface area contributed by atoms with Gasteiger partial charge in [-0.1, -0.05) is 0 Å². The van der Waals surface area contributed by atoms with Crippen LogP contribution in [0.2, 0.25) is 0 Å². The Kier molecular flexibility index (Phi) is 2.65. The summed E-state index contributed by atoms with van der Waals surface area (Å²) in [6.45, 7) is 8.80. The van der Waals surface area contributed by atoms with E-state index in [2.05, 4.69) is 52.9 Å². The lowest BCUT2D eigenvalue weighted by atomic mass is 10.1. The van der Waals surface area contributed by atoms with Crippen LogP contribution in [0.3, 0.4) is 0 Å². The molecule has 0 atom stereocenters. The molecule has 0 aromatic rings. The van der Waals surface area contributed by atoms with Crippen LogP contribution in [0.5, 0.6) is 0 Å². The molecule has 0 aromatic heterocycles. The molecule has 0 heterocycles. The van der Waals surface area contributed by atoms with Crippen LogP contribution in [0.25, 0.3) is 0 Å². The fourth-order valence-corrected chi connectivity index (χ4v) is 1.70. The summed E-state index contributed by atoms with van der Waals surface area (Å²) in [5.41, 5.74) is 7.10. The molecule has 0 saturated heterocycles. The summed E-state index contributed by atoms with van der Waals surface area (Å²) in [6.07, 6.45) is 2.20. The minimum Gasteiger partial charge on any atom is -0.383 e. The third kappa shape index (κ3) is 1.69. The largest absolute Gasteiger partial charge is 0.383 e. The van der Waals surface area contributed by atoms with Gasteiger partial charge in [-0.05, 0) is 55.6 Å². The van der Waals surface area contributed by atoms with Crippen molar-refractivity contribution < 1.29 is 0 Å². The Labute approximate surface area is 81.4 Å². The van der Waals surface area contributed by atoms with E-state index in [0.717, 1.165) is 0 Å². The maximum absolute atomic E-state index is 2.20. The molecule has 0 radical (unpaired) electrons. The van der Waals surface area contributed by atoms with E-state index >= 15 is 0 Å². The Balaban J connectivity index is 3.17. The molecule has 0 aromatic carbocycles. The number of hydrogen-bond acceptors (Lipinski definition) is 1. The van der Waals surface area contributed by atoms with Crippen LogP contribution in [0.4, 0.5) is 0 Å². The van der Waals surface area contributed by atoms with Gasteiger partial charge in [0, 0.05) is 20.3 Å². The molecule has 0 spiro atoms. The fraction of sp³-hybridized carbons (Fsp3) is 0.500. The van der Waals surface area contributed by atoms with Crippen molar-refractivity contribution in [3.63, 3.8) is 0 Å². The topological polar surface area (TPSA) is 3.24 Å². The summed E-state index contributed by atoms with van der Waals surface area (Å²) in [5, 5.41) is 0. The van der Waals surface area contributed by atoms with Gasteiger partial charge in [0.25, 0.3) is 0 Å². The molecule has 1 rings (SSSR count). The predicted molar refractivity (Wildman–Crippen MR) is 58.5 cm³/mol. The minimum atomic E-state index is 1.39. The lowest BCUT2D eigenvalue weighted by Gasteiger charge is -2.09. The maximum atomic E-state index is 2.20. The van der Waals surface area contributed by atoms with Crippen LogP contribution in [0.1, 0.15) is 27.7 Å². The van der Waals surface area contributed by atoms with Crippen molar-refractivity contribution in [3.8, 4) is 0 Å². The molecule has 0 bridgehead atoms. The fourth-order valence-electron chi connectivity index (χ4n) is 1.70. The van der Waals surface area contributed by atoms with Crippen molar-refractivity contribution in [2.75, 3.05) is 14.1 Å². The molecule has 72 valence electrons. The number of hydrogen-bond donors (Lipinski definition) is 0. The summed E-state index contributed by atoms with van der Waals surface area (Å²) in [6, 6.07) is 0. The smallest absolute Gasteiger partial charge is 0.00642 e. The Hall–Kier alpha value is -0.980. The van der Waals surface area contributed by atoms with E-state index in [0.29, 0.717) is 0 Å². The van der Waals surface area contributed by atoms with E-state index in [9.17, 15) is 0 Å². The van der Waals surface area contributed by atoms with E-state index in [1.165, 1.54) is 27.9 Å². The van der Waals surface area contributed by atoms with Crippen molar-refractivity contribution in [2.45, 2.75) is 27.7 Å². The molecular formula is C12H19N. The van der Waals surface area contributed by atoms with Gasteiger partial charge in [0.15, 0.2) is 0 Å². The van der Waals surface area contributed by atoms with Gasteiger partial charge in [-0.25, -0.2) is 0 Å². The summed E-state index contributed by atoms with van der Waals surface area (Å²) in [4.78, 5) is 2.11. The number of allylic oxidation sites excluding steroid dienone is 5. The van der Waals surface area contributed by atoms with Gasteiger partial charge in [-0.2, -0.15) is 0 Å². The second kappa shape index (κ2) is 3.41. The molecular weight excluding hydrogens is 158 g/mol. The van der Waals surface area contributed by atoms with Crippen LogP contribution < -0.4 is 0 Å². The summed E-state index contributed by atoms with van der Waals surface area (Å²) in [5.74, 6) is 0.